The van der Waals surface area contributed by atoms with Gasteiger partial charge < -0.3 is 29.6 Å². The second kappa shape index (κ2) is 14.6. The number of nitrogens with one attached hydrogen (secondary N) is 1. The Morgan fingerprint density at radius 1 is 1.07 bits per heavy atom. The molecule has 2 aromatic heterocycles. The van der Waals surface area contributed by atoms with E-state index in [9.17, 15) is 31.1 Å². The summed E-state index contributed by atoms with van der Waals surface area (Å²) in [6, 6.07) is 8.02. The van der Waals surface area contributed by atoms with Crippen LogP contribution in [-0.2, 0) is 36.9 Å². The zero-order chi connectivity index (χ0) is 29.9. The molecule has 0 spiro atoms. The lowest BCUT2D eigenvalue weighted by atomic mass is 10.0. The molecule has 2 saturated heterocycles. The second-order valence-electron chi connectivity index (χ2n) is 8.60. The van der Waals surface area contributed by atoms with Gasteiger partial charge in [0.1, 0.15) is 12.2 Å². The van der Waals surface area contributed by atoms with Crippen LogP contribution in [0.5, 0.6) is 0 Å². The first-order valence-corrected chi connectivity index (χ1v) is 11.8. The van der Waals surface area contributed by atoms with E-state index in [2.05, 4.69) is 9.97 Å². The third kappa shape index (κ3) is 10.5. The van der Waals surface area contributed by atoms with Crippen molar-refractivity contribution in [3.8, 4) is 0 Å². The van der Waals surface area contributed by atoms with Gasteiger partial charge in [0.2, 0.25) is 5.91 Å². The van der Waals surface area contributed by atoms with Gasteiger partial charge in [-0.05, 0) is 43.0 Å². The molecular formula is C24H27F6N3O7. The molecule has 0 aromatic carbocycles. The van der Waals surface area contributed by atoms with Gasteiger partial charge >= 0.3 is 24.3 Å². The van der Waals surface area contributed by atoms with Gasteiger partial charge in [-0.1, -0.05) is 6.07 Å². The van der Waals surface area contributed by atoms with Crippen LogP contribution in [0, 0.1) is 0 Å². The van der Waals surface area contributed by atoms with E-state index < -0.39 is 24.3 Å². The Balaban J connectivity index is 0.000000333. The van der Waals surface area contributed by atoms with Crippen LogP contribution < -0.4 is 0 Å². The van der Waals surface area contributed by atoms with Crippen LogP contribution in [0.3, 0.4) is 0 Å². The van der Waals surface area contributed by atoms with Crippen LogP contribution in [0.2, 0.25) is 0 Å². The van der Waals surface area contributed by atoms with E-state index in [1.54, 1.807) is 6.20 Å². The standard InChI is InChI=1S/C20H25N3O3.2C2HF3O2/c24-19(8-7-16-5-2-10-22-16)23-13-18(20-17(23)6-3-11-25-20)26-14-15-4-1-9-21-12-15;2*3-2(4,5)1(6)7/h1-2,4-5,9-10,12,17-18,20,22H,3,6-8,11,13-14H2;2*(H,6,7)/t17-,18+,20+;;/m1../s1. The van der Waals surface area contributed by atoms with Crippen molar-refractivity contribution in [3.63, 3.8) is 0 Å². The zero-order valence-corrected chi connectivity index (χ0v) is 20.8. The number of aromatic nitrogens is 2. The quantitative estimate of drug-likeness (QED) is 0.438. The summed E-state index contributed by atoms with van der Waals surface area (Å²) >= 11 is 0. The first-order valence-electron chi connectivity index (χ1n) is 11.8. The molecule has 2 fully saturated rings. The van der Waals surface area contributed by atoms with E-state index in [0.29, 0.717) is 19.6 Å². The summed E-state index contributed by atoms with van der Waals surface area (Å²) in [4.78, 5) is 39.9. The predicted molar refractivity (Wildman–Crippen MR) is 124 cm³/mol. The Bertz CT molecular complexity index is 1060. The Morgan fingerprint density at radius 3 is 2.25 bits per heavy atom. The number of fused-ring (bicyclic) bond motifs is 1. The number of rotatable bonds is 6. The van der Waals surface area contributed by atoms with Crippen LogP contribution in [0.1, 0.15) is 30.5 Å². The molecule has 0 radical (unpaired) electrons. The average Bonchev–Trinajstić information content (AvgIpc) is 3.54. The number of carboxylic acid groups (broad SMARTS) is 2. The van der Waals surface area contributed by atoms with Crippen LogP contribution in [0.15, 0.2) is 42.9 Å². The van der Waals surface area contributed by atoms with Gasteiger partial charge in [0.15, 0.2) is 0 Å². The first-order chi connectivity index (χ1) is 18.7. The lowest BCUT2D eigenvalue weighted by Gasteiger charge is -2.32. The maximum absolute atomic E-state index is 12.8. The normalized spacial score (nSPS) is 20.4. The molecule has 222 valence electrons. The summed E-state index contributed by atoms with van der Waals surface area (Å²) in [5, 5.41) is 14.2. The zero-order valence-electron chi connectivity index (χ0n) is 20.8. The van der Waals surface area contributed by atoms with Crippen molar-refractivity contribution in [2.45, 2.75) is 62.9 Å². The van der Waals surface area contributed by atoms with Crippen molar-refractivity contribution in [1.29, 1.82) is 0 Å². The van der Waals surface area contributed by atoms with Crippen molar-refractivity contribution in [1.82, 2.24) is 14.9 Å². The SMILES string of the molecule is O=C(CCc1ccc[nH]1)N1C[C@H](OCc2cccnc2)[C@H]2OCCC[C@H]21.O=C(O)C(F)(F)F.O=C(O)C(F)(F)F. The minimum absolute atomic E-state index is 0.0186. The Morgan fingerprint density at radius 2 is 1.73 bits per heavy atom. The molecule has 10 nitrogen and oxygen atoms in total. The molecule has 3 N–H and O–H groups in total. The van der Waals surface area contributed by atoms with E-state index in [1.807, 2.05) is 41.6 Å². The first kappa shape index (κ1) is 32.6. The Labute approximate surface area is 223 Å². The number of aromatic amines is 1. The topological polar surface area (TPSA) is 142 Å². The van der Waals surface area contributed by atoms with E-state index in [-0.39, 0.29) is 24.2 Å². The molecule has 4 rings (SSSR count). The maximum Gasteiger partial charge on any atom is 0.490 e. The third-order valence-electron chi connectivity index (χ3n) is 5.74. The van der Waals surface area contributed by atoms with Gasteiger partial charge in [-0.3, -0.25) is 9.78 Å². The van der Waals surface area contributed by atoms with E-state index >= 15 is 0 Å². The number of halogens is 6. The summed E-state index contributed by atoms with van der Waals surface area (Å²) < 4.78 is 75.6. The number of carboxylic acids is 2. The number of alkyl halides is 6. The summed E-state index contributed by atoms with van der Waals surface area (Å²) in [5.41, 5.74) is 2.13. The van der Waals surface area contributed by atoms with Gasteiger partial charge in [-0.2, -0.15) is 26.3 Å². The molecule has 1 amide bonds. The number of carbonyl (C=O) groups excluding carboxylic acids is 1. The highest BCUT2D eigenvalue weighted by atomic mass is 19.4. The van der Waals surface area contributed by atoms with Crippen molar-refractivity contribution in [2.75, 3.05) is 13.2 Å². The summed E-state index contributed by atoms with van der Waals surface area (Å²) in [6.07, 6.45) is -1.56. The van der Waals surface area contributed by atoms with Gasteiger partial charge in [-0.25, -0.2) is 9.59 Å². The highest BCUT2D eigenvalue weighted by Crippen LogP contribution is 2.31. The van der Waals surface area contributed by atoms with Crippen molar-refractivity contribution in [2.24, 2.45) is 0 Å². The maximum atomic E-state index is 12.8. The Kier molecular flexibility index (Phi) is 11.9. The number of aliphatic carboxylic acids is 2. The fourth-order valence-corrected chi connectivity index (χ4v) is 3.94. The molecule has 2 aromatic rings. The largest absolute Gasteiger partial charge is 0.490 e. The number of aryl methyl sites for hydroxylation is 1. The molecule has 0 unspecified atom stereocenters. The molecular weight excluding hydrogens is 556 g/mol. The molecule has 4 heterocycles. The molecule has 0 aliphatic carbocycles. The number of nitrogens with zero attached hydrogens (tertiary/aromatic N) is 2. The highest BCUT2D eigenvalue weighted by molar-refractivity contribution is 5.77. The van der Waals surface area contributed by atoms with E-state index in [1.165, 1.54) is 0 Å². The third-order valence-corrected chi connectivity index (χ3v) is 5.74. The smallest absolute Gasteiger partial charge is 0.475 e. The van der Waals surface area contributed by atoms with Gasteiger partial charge in [0.05, 0.1) is 12.6 Å². The predicted octanol–water partition coefficient (Wildman–Crippen LogP) is 3.58. The Hall–Kier alpha value is -3.66. The number of ether oxygens (including phenoxy) is 2. The molecule has 40 heavy (non-hydrogen) atoms. The van der Waals surface area contributed by atoms with Crippen LogP contribution in [0.4, 0.5) is 26.3 Å². The number of likely N-dealkylation sites (tertiary alicyclic amines) is 1. The number of hydrogen-bond acceptors (Lipinski definition) is 6. The lowest BCUT2D eigenvalue weighted by Crippen LogP contribution is -2.43. The van der Waals surface area contributed by atoms with Crippen molar-refractivity contribution < 1.29 is 60.4 Å². The molecule has 3 atom stereocenters. The number of amides is 1. The highest BCUT2D eigenvalue weighted by Gasteiger charge is 2.46. The summed E-state index contributed by atoms with van der Waals surface area (Å²) in [7, 11) is 0. The lowest BCUT2D eigenvalue weighted by molar-refractivity contribution is -0.193. The number of H-pyrrole nitrogens is 1. The van der Waals surface area contributed by atoms with Gasteiger partial charge in [-0.15, -0.1) is 0 Å². The minimum Gasteiger partial charge on any atom is -0.475 e. The summed E-state index contributed by atoms with van der Waals surface area (Å²) in [5.74, 6) is -5.33. The molecule has 0 saturated carbocycles. The van der Waals surface area contributed by atoms with Gasteiger partial charge in [0.25, 0.3) is 0 Å². The van der Waals surface area contributed by atoms with Crippen molar-refractivity contribution in [3.05, 3.63) is 54.1 Å². The fourth-order valence-electron chi connectivity index (χ4n) is 3.94. The summed E-state index contributed by atoms with van der Waals surface area (Å²) in [6.45, 7) is 1.85. The van der Waals surface area contributed by atoms with E-state index in [0.717, 1.165) is 37.1 Å². The second-order valence-corrected chi connectivity index (χ2v) is 8.60. The number of carbonyl (C=O) groups is 3. The minimum atomic E-state index is -5.08. The van der Waals surface area contributed by atoms with Crippen LogP contribution in [0.25, 0.3) is 0 Å². The molecule has 2 aliphatic heterocycles. The van der Waals surface area contributed by atoms with Crippen molar-refractivity contribution >= 4 is 17.8 Å². The van der Waals surface area contributed by atoms with E-state index in [4.69, 9.17) is 29.3 Å². The van der Waals surface area contributed by atoms with Gasteiger partial charge in [0, 0.05) is 43.9 Å². The van der Waals surface area contributed by atoms with Crippen LogP contribution in [-0.4, -0.2) is 86.7 Å². The molecule has 16 heteroatoms. The number of hydrogen-bond donors (Lipinski definition) is 3. The van der Waals surface area contributed by atoms with Crippen LogP contribution >= 0.6 is 0 Å². The average molecular weight is 583 g/mol. The number of pyridine rings is 1. The molecule has 2 aliphatic rings. The molecule has 0 bridgehead atoms. The fraction of sp³-hybridized carbons (Fsp3) is 0.500. The monoisotopic (exact) mass is 583 g/mol.